The van der Waals surface area contributed by atoms with Crippen molar-refractivity contribution in [1.29, 1.82) is 0 Å². The third kappa shape index (κ3) is 3.52. The largest absolute Gasteiger partial charge is 0.465 e. The second-order valence-corrected chi connectivity index (χ2v) is 7.23. The highest BCUT2D eigenvalue weighted by Crippen LogP contribution is 2.27. The maximum atomic E-state index is 12.4. The van der Waals surface area contributed by atoms with Crippen molar-refractivity contribution in [2.45, 2.75) is 38.8 Å². The molecule has 0 spiro atoms. The van der Waals surface area contributed by atoms with E-state index in [0.717, 1.165) is 28.1 Å². The maximum absolute atomic E-state index is 12.4. The molecule has 2 heterocycles. The van der Waals surface area contributed by atoms with Crippen LogP contribution in [0.1, 0.15) is 30.2 Å². The predicted octanol–water partition coefficient (Wildman–Crippen LogP) is 3.05. The van der Waals surface area contributed by atoms with Crippen LogP contribution in [0, 0.1) is 13.8 Å². The van der Waals surface area contributed by atoms with Gasteiger partial charge in [-0.05, 0) is 25.8 Å². The Morgan fingerprint density at radius 3 is 2.82 bits per heavy atom. The van der Waals surface area contributed by atoms with Crippen LogP contribution in [0.25, 0.3) is 10.2 Å². The summed E-state index contributed by atoms with van der Waals surface area (Å²) < 4.78 is 6.62. The summed E-state index contributed by atoms with van der Waals surface area (Å²) in [5.74, 6) is -0.106. The lowest BCUT2D eigenvalue weighted by Gasteiger charge is -2.07. The molecule has 5 nitrogen and oxygen atoms in total. The van der Waals surface area contributed by atoms with Crippen LogP contribution >= 0.6 is 23.1 Å². The highest BCUT2D eigenvalue weighted by Gasteiger charge is 2.15. The number of rotatable bonds is 6. The van der Waals surface area contributed by atoms with Crippen molar-refractivity contribution < 1.29 is 9.53 Å². The molecule has 0 radical (unpaired) electrons. The van der Waals surface area contributed by atoms with Crippen LogP contribution in [0.4, 0.5) is 0 Å². The standard InChI is InChI=1S/C15H20N2O3S2/c1-5-6-7-20-11(18)8-21-15-16-13-12(14(19)17(15)4)9(2)10(3)22-13/h5-8H2,1-4H3. The van der Waals surface area contributed by atoms with Gasteiger partial charge in [0.2, 0.25) is 0 Å². The molecule has 120 valence electrons. The van der Waals surface area contributed by atoms with E-state index in [-0.39, 0.29) is 17.3 Å². The van der Waals surface area contributed by atoms with Crippen LogP contribution in [-0.4, -0.2) is 27.9 Å². The molecule has 0 saturated carbocycles. The van der Waals surface area contributed by atoms with Crippen LogP contribution in [0.2, 0.25) is 0 Å². The number of hydrogen-bond acceptors (Lipinski definition) is 6. The molecule has 0 aromatic carbocycles. The number of carbonyl (C=O) groups excluding carboxylic acids is 1. The summed E-state index contributed by atoms with van der Waals surface area (Å²) >= 11 is 2.75. The molecule has 0 atom stereocenters. The molecule has 0 amide bonds. The van der Waals surface area contributed by atoms with Gasteiger partial charge in [-0.15, -0.1) is 11.3 Å². The van der Waals surface area contributed by atoms with Gasteiger partial charge in [-0.2, -0.15) is 0 Å². The minimum Gasteiger partial charge on any atom is -0.465 e. The summed E-state index contributed by atoms with van der Waals surface area (Å²) in [6.45, 7) is 6.42. The first-order chi connectivity index (χ1) is 10.5. The van der Waals surface area contributed by atoms with Gasteiger partial charge in [0.15, 0.2) is 5.16 Å². The number of thiophene rings is 1. The van der Waals surface area contributed by atoms with E-state index in [4.69, 9.17) is 4.74 Å². The zero-order chi connectivity index (χ0) is 16.3. The van der Waals surface area contributed by atoms with E-state index in [0.29, 0.717) is 17.1 Å². The van der Waals surface area contributed by atoms with Crippen molar-refractivity contribution >= 4 is 39.3 Å². The normalized spacial score (nSPS) is 11.1. The predicted molar refractivity (Wildman–Crippen MR) is 90.9 cm³/mol. The lowest BCUT2D eigenvalue weighted by molar-refractivity contribution is -0.140. The van der Waals surface area contributed by atoms with Gasteiger partial charge in [-0.1, -0.05) is 25.1 Å². The lowest BCUT2D eigenvalue weighted by atomic mass is 10.2. The van der Waals surface area contributed by atoms with E-state index in [1.807, 2.05) is 20.8 Å². The number of ether oxygens (including phenoxy) is 1. The highest BCUT2D eigenvalue weighted by molar-refractivity contribution is 7.99. The summed E-state index contributed by atoms with van der Waals surface area (Å²) in [7, 11) is 1.69. The van der Waals surface area contributed by atoms with E-state index in [9.17, 15) is 9.59 Å². The van der Waals surface area contributed by atoms with E-state index in [2.05, 4.69) is 4.98 Å². The molecule has 0 saturated heterocycles. The number of thioether (sulfide) groups is 1. The van der Waals surface area contributed by atoms with Crippen LogP contribution in [-0.2, 0) is 16.6 Å². The molecular formula is C15H20N2O3S2. The molecule has 7 heteroatoms. The Hall–Kier alpha value is -1.34. The summed E-state index contributed by atoms with van der Waals surface area (Å²) in [5, 5.41) is 1.23. The first-order valence-corrected chi connectivity index (χ1v) is 9.01. The van der Waals surface area contributed by atoms with Gasteiger partial charge >= 0.3 is 5.97 Å². The van der Waals surface area contributed by atoms with Gasteiger partial charge in [0.1, 0.15) is 4.83 Å². The highest BCUT2D eigenvalue weighted by atomic mass is 32.2. The Labute approximate surface area is 137 Å². The second-order valence-electron chi connectivity index (χ2n) is 5.08. The molecule has 0 aliphatic heterocycles. The molecule has 0 bridgehead atoms. The van der Waals surface area contributed by atoms with Crippen molar-refractivity contribution in [1.82, 2.24) is 9.55 Å². The zero-order valence-electron chi connectivity index (χ0n) is 13.3. The average Bonchev–Trinajstić information content (AvgIpc) is 2.76. The molecule has 2 rings (SSSR count). The summed E-state index contributed by atoms with van der Waals surface area (Å²) in [6.07, 6.45) is 1.86. The zero-order valence-corrected chi connectivity index (χ0v) is 14.9. The molecule has 0 unspecified atom stereocenters. The Morgan fingerprint density at radius 1 is 1.41 bits per heavy atom. The van der Waals surface area contributed by atoms with E-state index >= 15 is 0 Å². The first kappa shape index (κ1) is 17.0. The number of unbranched alkanes of at least 4 members (excludes halogenated alkanes) is 1. The number of aromatic nitrogens is 2. The number of nitrogens with zero attached hydrogens (tertiary/aromatic N) is 2. The Balaban J connectivity index is 2.17. The van der Waals surface area contributed by atoms with E-state index in [1.165, 1.54) is 27.7 Å². The Bertz CT molecular complexity index is 749. The number of fused-ring (bicyclic) bond motifs is 1. The summed E-state index contributed by atoms with van der Waals surface area (Å²) in [4.78, 5) is 30.4. The van der Waals surface area contributed by atoms with Crippen molar-refractivity contribution in [3.8, 4) is 0 Å². The molecule has 0 N–H and O–H groups in total. The Morgan fingerprint density at radius 2 is 2.14 bits per heavy atom. The molecular weight excluding hydrogens is 320 g/mol. The summed E-state index contributed by atoms with van der Waals surface area (Å²) in [6, 6.07) is 0. The van der Waals surface area contributed by atoms with Crippen molar-refractivity contribution in [2.75, 3.05) is 12.4 Å². The Kier molecular flexibility index (Phi) is 5.63. The number of esters is 1. The monoisotopic (exact) mass is 340 g/mol. The van der Waals surface area contributed by atoms with Gasteiger partial charge < -0.3 is 4.74 Å². The number of carbonyl (C=O) groups is 1. The molecule has 0 aliphatic rings. The van der Waals surface area contributed by atoms with E-state index in [1.54, 1.807) is 7.05 Å². The average molecular weight is 340 g/mol. The molecule has 0 fully saturated rings. The number of hydrogen-bond donors (Lipinski definition) is 0. The smallest absolute Gasteiger partial charge is 0.316 e. The van der Waals surface area contributed by atoms with Crippen LogP contribution in [0.3, 0.4) is 0 Å². The quantitative estimate of drug-likeness (QED) is 0.350. The fourth-order valence-corrected chi connectivity index (χ4v) is 3.82. The minimum atomic E-state index is -0.272. The second kappa shape index (κ2) is 7.28. The van der Waals surface area contributed by atoms with Gasteiger partial charge in [0, 0.05) is 11.9 Å². The van der Waals surface area contributed by atoms with Gasteiger partial charge in [0.25, 0.3) is 5.56 Å². The van der Waals surface area contributed by atoms with Crippen molar-refractivity contribution in [3.63, 3.8) is 0 Å². The van der Waals surface area contributed by atoms with Crippen molar-refractivity contribution in [2.24, 2.45) is 7.05 Å². The molecule has 2 aromatic heterocycles. The van der Waals surface area contributed by atoms with Crippen LogP contribution in [0.5, 0.6) is 0 Å². The fourth-order valence-electron chi connectivity index (χ4n) is 1.98. The van der Waals surface area contributed by atoms with Gasteiger partial charge in [0.05, 0.1) is 17.7 Å². The SMILES string of the molecule is CCCCOC(=O)CSc1nc2sc(C)c(C)c2c(=O)n1C. The lowest BCUT2D eigenvalue weighted by Crippen LogP contribution is -2.20. The molecule has 2 aromatic rings. The van der Waals surface area contributed by atoms with Gasteiger partial charge in [-0.25, -0.2) is 4.98 Å². The summed E-state index contributed by atoms with van der Waals surface area (Å²) in [5.41, 5.74) is 0.928. The fraction of sp³-hybridized carbons (Fsp3) is 0.533. The van der Waals surface area contributed by atoms with Gasteiger partial charge in [-0.3, -0.25) is 14.2 Å². The number of aryl methyl sites for hydroxylation is 2. The minimum absolute atomic E-state index is 0.0614. The maximum Gasteiger partial charge on any atom is 0.316 e. The molecule has 22 heavy (non-hydrogen) atoms. The third-order valence-corrected chi connectivity index (χ3v) is 5.55. The first-order valence-electron chi connectivity index (χ1n) is 7.20. The topological polar surface area (TPSA) is 61.2 Å². The van der Waals surface area contributed by atoms with Crippen LogP contribution in [0.15, 0.2) is 9.95 Å². The van der Waals surface area contributed by atoms with Crippen LogP contribution < -0.4 is 5.56 Å². The molecule has 0 aliphatic carbocycles. The van der Waals surface area contributed by atoms with Crippen molar-refractivity contribution in [3.05, 3.63) is 20.8 Å². The van der Waals surface area contributed by atoms with E-state index < -0.39 is 0 Å². The third-order valence-electron chi connectivity index (χ3n) is 3.45.